The van der Waals surface area contributed by atoms with E-state index in [4.69, 9.17) is 4.74 Å². The van der Waals surface area contributed by atoms with Crippen molar-refractivity contribution in [3.05, 3.63) is 29.8 Å². The van der Waals surface area contributed by atoms with Crippen molar-refractivity contribution in [2.45, 2.75) is 51.8 Å². The van der Waals surface area contributed by atoms with Gasteiger partial charge in [-0.2, -0.15) is 0 Å². The fraction of sp³-hybridized carbons (Fsp3) is 0.571. The van der Waals surface area contributed by atoms with Crippen molar-refractivity contribution < 1.29 is 4.74 Å². The molecule has 2 heteroatoms. The van der Waals surface area contributed by atoms with E-state index in [1.54, 1.807) is 0 Å². The molecule has 1 aliphatic carbocycles. The lowest BCUT2D eigenvalue weighted by atomic mass is 10.1. The van der Waals surface area contributed by atoms with Crippen LogP contribution < -0.4 is 10.1 Å². The van der Waals surface area contributed by atoms with Gasteiger partial charge in [-0.15, -0.1) is 0 Å². The molecule has 0 amide bonds. The maximum Gasteiger partial charge on any atom is 0.119 e. The van der Waals surface area contributed by atoms with Crippen molar-refractivity contribution in [1.82, 2.24) is 5.32 Å². The number of benzene rings is 1. The van der Waals surface area contributed by atoms with Gasteiger partial charge in [-0.3, -0.25) is 0 Å². The Kier molecular flexibility index (Phi) is 3.20. The SMILES string of the molecule is CC(C)(C)NCc1ccc(OC2CC2)cc1. The van der Waals surface area contributed by atoms with Gasteiger partial charge in [0, 0.05) is 12.1 Å². The van der Waals surface area contributed by atoms with Crippen LogP contribution in [0.5, 0.6) is 5.75 Å². The minimum Gasteiger partial charge on any atom is -0.490 e. The predicted octanol–water partition coefficient (Wildman–Crippen LogP) is 3.12. The molecule has 0 aromatic heterocycles. The van der Waals surface area contributed by atoms with Gasteiger partial charge in [0.15, 0.2) is 0 Å². The summed E-state index contributed by atoms with van der Waals surface area (Å²) >= 11 is 0. The first kappa shape index (κ1) is 11.5. The van der Waals surface area contributed by atoms with E-state index in [1.165, 1.54) is 18.4 Å². The number of hydrogen-bond acceptors (Lipinski definition) is 2. The number of ether oxygens (including phenoxy) is 1. The Bertz CT molecular complexity index is 333. The molecule has 1 aromatic carbocycles. The smallest absolute Gasteiger partial charge is 0.119 e. The molecule has 0 heterocycles. The Labute approximate surface area is 98.0 Å². The molecule has 16 heavy (non-hydrogen) atoms. The normalized spacial score (nSPS) is 16.2. The van der Waals surface area contributed by atoms with Crippen LogP contribution in [0, 0.1) is 0 Å². The summed E-state index contributed by atoms with van der Waals surface area (Å²) in [4.78, 5) is 0. The van der Waals surface area contributed by atoms with Crippen LogP contribution in [-0.2, 0) is 6.54 Å². The first-order chi connectivity index (χ1) is 7.53. The van der Waals surface area contributed by atoms with Gasteiger partial charge in [0.2, 0.25) is 0 Å². The Hall–Kier alpha value is -1.02. The first-order valence-electron chi connectivity index (χ1n) is 6.03. The topological polar surface area (TPSA) is 21.3 Å². The number of nitrogens with one attached hydrogen (secondary N) is 1. The molecule has 1 fully saturated rings. The highest BCUT2D eigenvalue weighted by Gasteiger charge is 2.23. The third kappa shape index (κ3) is 3.86. The van der Waals surface area contributed by atoms with E-state index in [1.807, 2.05) is 0 Å². The average molecular weight is 219 g/mol. The lowest BCUT2D eigenvalue weighted by Crippen LogP contribution is -2.35. The van der Waals surface area contributed by atoms with E-state index in [0.29, 0.717) is 6.10 Å². The molecular weight excluding hydrogens is 198 g/mol. The highest BCUT2D eigenvalue weighted by Crippen LogP contribution is 2.26. The number of rotatable bonds is 4. The van der Waals surface area contributed by atoms with Gasteiger partial charge < -0.3 is 10.1 Å². The fourth-order valence-corrected chi connectivity index (χ4v) is 1.43. The molecule has 88 valence electrons. The van der Waals surface area contributed by atoms with Crippen LogP contribution in [-0.4, -0.2) is 11.6 Å². The van der Waals surface area contributed by atoms with Crippen molar-refractivity contribution in [2.75, 3.05) is 0 Å². The largest absolute Gasteiger partial charge is 0.490 e. The van der Waals surface area contributed by atoms with Gasteiger partial charge in [-0.05, 0) is 51.3 Å². The van der Waals surface area contributed by atoms with Crippen molar-refractivity contribution in [1.29, 1.82) is 0 Å². The lowest BCUT2D eigenvalue weighted by molar-refractivity contribution is 0.303. The molecule has 0 bridgehead atoms. The Balaban J connectivity index is 1.86. The predicted molar refractivity (Wildman–Crippen MR) is 66.7 cm³/mol. The standard InChI is InChI=1S/C14H21NO/c1-14(2,3)15-10-11-4-6-12(7-5-11)16-13-8-9-13/h4-7,13,15H,8-10H2,1-3H3. The van der Waals surface area contributed by atoms with Crippen molar-refractivity contribution in [3.8, 4) is 5.75 Å². The summed E-state index contributed by atoms with van der Waals surface area (Å²) in [5.41, 5.74) is 1.47. The molecule has 1 aromatic rings. The fourth-order valence-electron chi connectivity index (χ4n) is 1.43. The van der Waals surface area contributed by atoms with Gasteiger partial charge >= 0.3 is 0 Å². The molecule has 0 radical (unpaired) electrons. The van der Waals surface area contributed by atoms with E-state index in [2.05, 4.69) is 50.4 Å². The van der Waals surface area contributed by atoms with Gasteiger partial charge in [0.25, 0.3) is 0 Å². The maximum atomic E-state index is 5.71. The minimum atomic E-state index is 0.170. The van der Waals surface area contributed by atoms with Gasteiger partial charge in [0.1, 0.15) is 5.75 Å². The molecule has 2 nitrogen and oxygen atoms in total. The number of hydrogen-bond donors (Lipinski definition) is 1. The molecule has 0 spiro atoms. The highest BCUT2D eigenvalue weighted by atomic mass is 16.5. The Morgan fingerprint density at radius 2 is 1.81 bits per heavy atom. The van der Waals surface area contributed by atoms with Gasteiger partial charge in [-0.25, -0.2) is 0 Å². The zero-order chi connectivity index (χ0) is 11.6. The zero-order valence-electron chi connectivity index (χ0n) is 10.4. The minimum absolute atomic E-state index is 0.170. The van der Waals surface area contributed by atoms with E-state index in [9.17, 15) is 0 Å². The summed E-state index contributed by atoms with van der Waals surface area (Å²) in [6, 6.07) is 8.41. The summed E-state index contributed by atoms with van der Waals surface area (Å²) in [6.45, 7) is 7.44. The first-order valence-corrected chi connectivity index (χ1v) is 6.03. The molecule has 1 aliphatic rings. The average Bonchev–Trinajstić information content (AvgIpc) is 3.00. The Morgan fingerprint density at radius 3 is 2.31 bits per heavy atom. The third-order valence-electron chi connectivity index (χ3n) is 2.57. The maximum absolute atomic E-state index is 5.71. The van der Waals surface area contributed by atoms with Gasteiger partial charge in [-0.1, -0.05) is 12.1 Å². The third-order valence-corrected chi connectivity index (χ3v) is 2.57. The van der Waals surface area contributed by atoms with Gasteiger partial charge in [0.05, 0.1) is 6.10 Å². The van der Waals surface area contributed by atoms with Crippen molar-refractivity contribution in [2.24, 2.45) is 0 Å². The summed E-state index contributed by atoms with van der Waals surface area (Å²) in [5.74, 6) is 1.00. The van der Waals surface area contributed by atoms with Crippen molar-refractivity contribution in [3.63, 3.8) is 0 Å². The molecule has 0 aliphatic heterocycles. The highest BCUT2D eigenvalue weighted by molar-refractivity contribution is 5.27. The van der Waals surface area contributed by atoms with Crippen LogP contribution in [0.1, 0.15) is 39.2 Å². The van der Waals surface area contributed by atoms with Crippen LogP contribution in [0.3, 0.4) is 0 Å². The molecule has 0 saturated heterocycles. The summed E-state index contributed by atoms with van der Waals surface area (Å²) in [5, 5.41) is 3.47. The monoisotopic (exact) mass is 219 g/mol. The molecule has 1 saturated carbocycles. The summed E-state index contributed by atoms with van der Waals surface area (Å²) < 4.78 is 5.71. The second-order valence-electron chi connectivity index (χ2n) is 5.56. The van der Waals surface area contributed by atoms with E-state index in [0.717, 1.165) is 12.3 Å². The molecule has 0 atom stereocenters. The van der Waals surface area contributed by atoms with E-state index < -0.39 is 0 Å². The van der Waals surface area contributed by atoms with Crippen LogP contribution in [0.2, 0.25) is 0 Å². The molecular formula is C14H21NO. The second kappa shape index (κ2) is 4.46. The second-order valence-corrected chi connectivity index (χ2v) is 5.56. The molecule has 1 N–H and O–H groups in total. The van der Waals surface area contributed by atoms with E-state index in [-0.39, 0.29) is 5.54 Å². The Morgan fingerprint density at radius 1 is 1.19 bits per heavy atom. The molecule has 2 rings (SSSR count). The summed E-state index contributed by atoms with van der Waals surface area (Å²) in [6.07, 6.45) is 2.92. The van der Waals surface area contributed by atoms with Crippen LogP contribution in [0.4, 0.5) is 0 Å². The van der Waals surface area contributed by atoms with E-state index >= 15 is 0 Å². The van der Waals surface area contributed by atoms with Crippen molar-refractivity contribution >= 4 is 0 Å². The zero-order valence-corrected chi connectivity index (χ0v) is 10.4. The lowest BCUT2D eigenvalue weighted by Gasteiger charge is -2.20. The van der Waals surface area contributed by atoms with Crippen LogP contribution in [0.25, 0.3) is 0 Å². The molecule has 0 unspecified atom stereocenters. The van der Waals surface area contributed by atoms with Crippen LogP contribution >= 0.6 is 0 Å². The van der Waals surface area contributed by atoms with Crippen LogP contribution in [0.15, 0.2) is 24.3 Å². The quantitative estimate of drug-likeness (QED) is 0.840. The summed E-state index contributed by atoms with van der Waals surface area (Å²) in [7, 11) is 0.